The highest BCUT2D eigenvalue weighted by molar-refractivity contribution is 9.09. The number of thiophene rings is 1. The molecule has 3 rings (SSSR count). The molecule has 1 aromatic heterocycles. The van der Waals surface area contributed by atoms with Gasteiger partial charge >= 0.3 is 0 Å². The van der Waals surface area contributed by atoms with Crippen molar-refractivity contribution >= 4 is 50.6 Å². The quantitative estimate of drug-likeness (QED) is 0.606. The largest absolute Gasteiger partial charge is 0.157 e. The van der Waals surface area contributed by atoms with Crippen molar-refractivity contribution in [1.82, 2.24) is 0 Å². The van der Waals surface area contributed by atoms with Gasteiger partial charge < -0.3 is 0 Å². The first-order valence-electron chi connectivity index (χ1n) is 6.31. The lowest BCUT2D eigenvalue weighted by atomic mass is 10.1. The minimum Gasteiger partial charge on any atom is -0.157 e. The fourth-order valence-corrected chi connectivity index (χ4v) is 5.61. The van der Waals surface area contributed by atoms with Crippen molar-refractivity contribution in [3.63, 3.8) is 0 Å². The predicted molar refractivity (Wildman–Crippen MR) is 91.0 cm³/mol. The highest BCUT2D eigenvalue weighted by atomic mass is 79.9. The van der Waals surface area contributed by atoms with Gasteiger partial charge in [-0.1, -0.05) is 45.7 Å². The Bertz CT molecular complexity index is 556. The summed E-state index contributed by atoms with van der Waals surface area (Å²) in [5.41, 5.74) is 2.76. The molecule has 2 aromatic rings. The Kier molecular flexibility index (Phi) is 4.58. The Hall–Kier alpha value is 0.0400. The Morgan fingerprint density at radius 3 is 2.95 bits per heavy atom. The van der Waals surface area contributed by atoms with E-state index in [1.54, 1.807) is 10.4 Å². The molecule has 0 radical (unpaired) electrons. The molecule has 0 aliphatic carbocycles. The van der Waals surface area contributed by atoms with E-state index >= 15 is 0 Å². The second kappa shape index (κ2) is 6.21. The third-order valence-corrected chi connectivity index (χ3v) is 7.16. The van der Waals surface area contributed by atoms with Gasteiger partial charge in [0.25, 0.3) is 0 Å². The van der Waals surface area contributed by atoms with Crippen LogP contribution in [0.25, 0.3) is 0 Å². The number of aryl methyl sites for hydroxylation is 1. The summed E-state index contributed by atoms with van der Waals surface area (Å²) in [6.07, 6.45) is 2.18. The van der Waals surface area contributed by atoms with E-state index in [0.717, 1.165) is 11.4 Å². The smallest absolute Gasteiger partial charge is 0.0530 e. The minimum atomic E-state index is 0.369. The molecule has 1 aromatic carbocycles. The number of halogens is 2. The van der Waals surface area contributed by atoms with E-state index in [-0.39, 0.29) is 0 Å². The van der Waals surface area contributed by atoms with Crippen LogP contribution in [0, 0.1) is 0 Å². The van der Waals surface area contributed by atoms with Crippen LogP contribution in [0.15, 0.2) is 30.3 Å². The van der Waals surface area contributed by atoms with E-state index < -0.39 is 0 Å². The number of thioether (sulfide) groups is 1. The molecule has 4 heteroatoms. The summed E-state index contributed by atoms with van der Waals surface area (Å²) >= 11 is 14.1. The van der Waals surface area contributed by atoms with Crippen molar-refractivity contribution < 1.29 is 0 Å². The van der Waals surface area contributed by atoms with Crippen LogP contribution >= 0.6 is 50.6 Å². The topological polar surface area (TPSA) is 0 Å². The van der Waals surface area contributed by atoms with Gasteiger partial charge in [-0.3, -0.25) is 0 Å². The SMILES string of the molecule is Clc1ccccc1CC(Br)c1cc2c(s1)CCSC2. The van der Waals surface area contributed by atoms with E-state index in [2.05, 4.69) is 34.1 Å². The highest BCUT2D eigenvalue weighted by Gasteiger charge is 2.18. The Morgan fingerprint density at radius 2 is 2.16 bits per heavy atom. The van der Waals surface area contributed by atoms with Gasteiger partial charge in [0.05, 0.1) is 4.83 Å². The molecule has 0 spiro atoms. The summed E-state index contributed by atoms with van der Waals surface area (Å²) in [5, 5.41) is 0.865. The molecular formula is C15H14BrClS2. The molecule has 0 fully saturated rings. The van der Waals surface area contributed by atoms with Gasteiger partial charge in [0, 0.05) is 20.5 Å². The van der Waals surface area contributed by atoms with E-state index in [0.29, 0.717) is 4.83 Å². The molecule has 19 heavy (non-hydrogen) atoms. The Morgan fingerprint density at radius 1 is 1.32 bits per heavy atom. The number of rotatable bonds is 3. The second-order valence-corrected chi connectivity index (χ2v) is 8.45. The molecule has 1 aliphatic heterocycles. The molecule has 0 nitrogen and oxygen atoms in total. The van der Waals surface area contributed by atoms with Crippen LogP contribution in [0.3, 0.4) is 0 Å². The summed E-state index contributed by atoms with van der Waals surface area (Å²) in [5.74, 6) is 2.45. The fourth-order valence-electron chi connectivity index (χ4n) is 2.28. The molecule has 1 aliphatic rings. The highest BCUT2D eigenvalue weighted by Crippen LogP contribution is 2.39. The van der Waals surface area contributed by atoms with Crippen molar-refractivity contribution in [3.05, 3.63) is 56.2 Å². The second-order valence-electron chi connectivity index (χ2n) is 4.66. The lowest BCUT2D eigenvalue weighted by molar-refractivity contribution is 0.968. The van der Waals surface area contributed by atoms with Crippen LogP contribution in [-0.2, 0) is 18.6 Å². The van der Waals surface area contributed by atoms with Gasteiger partial charge in [-0.25, -0.2) is 0 Å². The van der Waals surface area contributed by atoms with Crippen molar-refractivity contribution in [2.45, 2.75) is 23.4 Å². The zero-order valence-electron chi connectivity index (χ0n) is 10.4. The first-order valence-corrected chi connectivity index (χ1v) is 9.57. The van der Waals surface area contributed by atoms with Gasteiger partial charge in [0.2, 0.25) is 0 Å². The maximum atomic E-state index is 6.24. The Labute approximate surface area is 135 Å². The van der Waals surface area contributed by atoms with Crippen LogP contribution in [0.1, 0.15) is 25.7 Å². The van der Waals surface area contributed by atoms with Crippen molar-refractivity contribution in [2.24, 2.45) is 0 Å². The molecule has 0 bridgehead atoms. The van der Waals surface area contributed by atoms with Crippen LogP contribution in [0.4, 0.5) is 0 Å². The zero-order valence-corrected chi connectivity index (χ0v) is 14.3. The van der Waals surface area contributed by atoms with Crippen LogP contribution in [0.5, 0.6) is 0 Å². The van der Waals surface area contributed by atoms with Gasteiger partial charge in [0.1, 0.15) is 0 Å². The lowest BCUT2D eigenvalue weighted by Crippen LogP contribution is -1.96. The number of alkyl halides is 1. The molecule has 1 atom stereocenters. The summed E-state index contributed by atoms with van der Waals surface area (Å²) < 4.78 is 0. The van der Waals surface area contributed by atoms with Crippen molar-refractivity contribution in [1.29, 1.82) is 0 Å². The molecule has 1 unspecified atom stereocenters. The van der Waals surface area contributed by atoms with Crippen LogP contribution < -0.4 is 0 Å². The number of hydrogen-bond donors (Lipinski definition) is 0. The molecule has 0 amide bonds. The summed E-state index contributed by atoms with van der Waals surface area (Å²) in [6.45, 7) is 0. The molecule has 2 heterocycles. The molecule has 0 saturated heterocycles. The van der Waals surface area contributed by atoms with E-state index in [1.165, 1.54) is 28.4 Å². The minimum absolute atomic E-state index is 0.369. The van der Waals surface area contributed by atoms with Crippen molar-refractivity contribution in [3.8, 4) is 0 Å². The fraction of sp³-hybridized carbons (Fsp3) is 0.333. The molecule has 0 N–H and O–H groups in total. The number of hydrogen-bond acceptors (Lipinski definition) is 2. The van der Waals surface area contributed by atoms with E-state index in [1.807, 2.05) is 35.2 Å². The zero-order chi connectivity index (χ0) is 13.2. The molecular weight excluding hydrogens is 360 g/mol. The number of fused-ring (bicyclic) bond motifs is 1. The van der Waals surface area contributed by atoms with E-state index in [4.69, 9.17) is 11.6 Å². The first-order chi connectivity index (χ1) is 9.24. The van der Waals surface area contributed by atoms with Gasteiger partial charge in [-0.2, -0.15) is 11.8 Å². The maximum Gasteiger partial charge on any atom is 0.0530 e. The standard InChI is InChI=1S/C15H14BrClS2/c16-12(7-10-3-1-2-4-13(10)17)15-8-11-9-18-6-5-14(11)19-15/h1-4,8,12H,5-7,9H2. The molecule has 100 valence electrons. The summed E-state index contributed by atoms with van der Waals surface area (Å²) in [4.78, 5) is 3.39. The lowest BCUT2D eigenvalue weighted by Gasteiger charge is -2.09. The first kappa shape index (κ1) is 14.0. The average Bonchev–Trinajstić information content (AvgIpc) is 2.85. The maximum absolute atomic E-state index is 6.24. The monoisotopic (exact) mass is 372 g/mol. The van der Waals surface area contributed by atoms with Crippen LogP contribution in [-0.4, -0.2) is 5.75 Å². The number of benzene rings is 1. The van der Waals surface area contributed by atoms with Crippen molar-refractivity contribution in [2.75, 3.05) is 5.75 Å². The normalized spacial score (nSPS) is 16.1. The third-order valence-electron chi connectivity index (χ3n) is 3.31. The Balaban J connectivity index is 1.79. The van der Waals surface area contributed by atoms with Gasteiger partial charge in [-0.05, 0) is 41.9 Å². The third kappa shape index (κ3) is 3.21. The van der Waals surface area contributed by atoms with Gasteiger partial charge in [-0.15, -0.1) is 11.3 Å². The van der Waals surface area contributed by atoms with E-state index in [9.17, 15) is 0 Å². The summed E-state index contributed by atoms with van der Waals surface area (Å²) in [6, 6.07) is 10.5. The predicted octanol–water partition coefficient (Wildman–Crippen LogP) is 5.87. The summed E-state index contributed by atoms with van der Waals surface area (Å²) in [7, 11) is 0. The van der Waals surface area contributed by atoms with Crippen LogP contribution in [0.2, 0.25) is 5.02 Å². The molecule has 0 saturated carbocycles. The van der Waals surface area contributed by atoms with Gasteiger partial charge in [0.15, 0.2) is 0 Å². The average molecular weight is 374 g/mol.